The van der Waals surface area contributed by atoms with Gasteiger partial charge >= 0.3 is 0 Å². The third kappa shape index (κ3) is 3.26. The minimum atomic E-state index is -0.0626. The highest BCUT2D eigenvalue weighted by Crippen LogP contribution is 2.16. The van der Waals surface area contributed by atoms with Crippen LogP contribution in [0, 0.1) is 6.92 Å². The number of carbonyl (C=O) groups is 1. The highest BCUT2D eigenvalue weighted by atomic mass is 16.5. The SMILES string of the molecule is Cc1nc(NC(=O)CC2CCCCO2)n(C)n1. The molecule has 6 nitrogen and oxygen atoms in total. The number of ether oxygens (including phenoxy) is 1. The number of aromatic nitrogens is 3. The number of anilines is 1. The second-order valence-electron chi connectivity index (χ2n) is 4.35. The zero-order chi connectivity index (χ0) is 12.3. The van der Waals surface area contributed by atoms with Crippen molar-refractivity contribution in [3.05, 3.63) is 5.82 Å². The Balaban J connectivity index is 1.86. The highest BCUT2D eigenvalue weighted by molar-refractivity contribution is 5.89. The molecule has 1 aliphatic rings. The first-order valence-electron chi connectivity index (χ1n) is 5.94. The predicted molar refractivity (Wildman–Crippen MR) is 62.6 cm³/mol. The molecule has 0 spiro atoms. The average molecular weight is 238 g/mol. The molecular weight excluding hydrogens is 220 g/mol. The summed E-state index contributed by atoms with van der Waals surface area (Å²) in [5, 5.41) is 6.82. The van der Waals surface area contributed by atoms with Crippen LogP contribution in [-0.2, 0) is 16.6 Å². The van der Waals surface area contributed by atoms with E-state index in [1.165, 1.54) is 0 Å². The normalized spacial score (nSPS) is 20.2. The minimum absolute atomic E-state index is 0.0538. The Hall–Kier alpha value is -1.43. The third-order valence-electron chi connectivity index (χ3n) is 2.81. The van der Waals surface area contributed by atoms with Crippen LogP contribution < -0.4 is 5.32 Å². The van der Waals surface area contributed by atoms with E-state index in [1.807, 2.05) is 0 Å². The van der Waals surface area contributed by atoms with Gasteiger partial charge in [0.2, 0.25) is 11.9 Å². The summed E-state index contributed by atoms with van der Waals surface area (Å²) in [6, 6.07) is 0. The molecule has 6 heteroatoms. The fourth-order valence-corrected chi connectivity index (χ4v) is 1.97. The molecule has 1 fully saturated rings. The van der Waals surface area contributed by atoms with Gasteiger partial charge in [-0.25, -0.2) is 4.68 Å². The van der Waals surface area contributed by atoms with Crippen LogP contribution in [0.15, 0.2) is 0 Å². The summed E-state index contributed by atoms with van der Waals surface area (Å²) in [5.74, 6) is 1.08. The van der Waals surface area contributed by atoms with Crippen molar-refractivity contribution in [3.8, 4) is 0 Å². The molecule has 1 amide bonds. The van der Waals surface area contributed by atoms with Crippen molar-refractivity contribution in [3.63, 3.8) is 0 Å². The Kier molecular flexibility index (Phi) is 3.73. The van der Waals surface area contributed by atoms with E-state index in [4.69, 9.17) is 4.74 Å². The van der Waals surface area contributed by atoms with Crippen molar-refractivity contribution < 1.29 is 9.53 Å². The van der Waals surface area contributed by atoms with Gasteiger partial charge in [-0.3, -0.25) is 10.1 Å². The average Bonchev–Trinajstić information content (AvgIpc) is 2.58. The molecule has 2 heterocycles. The first-order chi connectivity index (χ1) is 8.15. The van der Waals surface area contributed by atoms with Crippen molar-refractivity contribution in [2.45, 2.75) is 38.7 Å². The zero-order valence-corrected chi connectivity index (χ0v) is 10.3. The number of hydrogen-bond acceptors (Lipinski definition) is 4. The molecule has 1 aliphatic heterocycles. The van der Waals surface area contributed by atoms with Crippen molar-refractivity contribution in [1.29, 1.82) is 0 Å². The molecular formula is C11H18N4O2. The smallest absolute Gasteiger partial charge is 0.229 e. The summed E-state index contributed by atoms with van der Waals surface area (Å²) < 4.78 is 7.08. The van der Waals surface area contributed by atoms with E-state index in [1.54, 1.807) is 18.7 Å². The molecule has 94 valence electrons. The van der Waals surface area contributed by atoms with Gasteiger partial charge in [-0.05, 0) is 26.2 Å². The van der Waals surface area contributed by atoms with Crippen molar-refractivity contribution in [2.24, 2.45) is 7.05 Å². The van der Waals surface area contributed by atoms with Crippen LogP contribution in [0.1, 0.15) is 31.5 Å². The number of nitrogens with zero attached hydrogens (tertiary/aromatic N) is 3. The van der Waals surface area contributed by atoms with Crippen molar-refractivity contribution in [2.75, 3.05) is 11.9 Å². The van der Waals surface area contributed by atoms with Crippen molar-refractivity contribution >= 4 is 11.9 Å². The van der Waals surface area contributed by atoms with E-state index in [2.05, 4.69) is 15.4 Å². The van der Waals surface area contributed by atoms with Crippen LogP contribution in [0.25, 0.3) is 0 Å². The fraction of sp³-hybridized carbons (Fsp3) is 0.727. The van der Waals surface area contributed by atoms with E-state index in [9.17, 15) is 4.79 Å². The molecule has 1 unspecified atom stereocenters. The Morgan fingerprint density at radius 2 is 2.41 bits per heavy atom. The summed E-state index contributed by atoms with van der Waals surface area (Å²) in [6.07, 6.45) is 3.65. The predicted octanol–water partition coefficient (Wildman–Crippen LogP) is 1.02. The molecule has 1 saturated heterocycles. The largest absolute Gasteiger partial charge is 0.378 e. The minimum Gasteiger partial charge on any atom is -0.378 e. The van der Waals surface area contributed by atoms with E-state index in [0.717, 1.165) is 25.9 Å². The Morgan fingerprint density at radius 1 is 1.59 bits per heavy atom. The number of aryl methyl sites for hydroxylation is 2. The highest BCUT2D eigenvalue weighted by Gasteiger charge is 2.18. The van der Waals surface area contributed by atoms with Gasteiger partial charge in [0.05, 0.1) is 12.5 Å². The molecule has 0 saturated carbocycles. The molecule has 0 radical (unpaired) electrons. The number of amides is 1. The van der Waals surface area contributed by atoms with Gasteiger partial charge in [-0.15, -0.1) is 0 Å². The lowest BCUT2D eigenvalue weighted by Crippen LogP contribution is -2.26. The maximum Gasteiger partial charge on any atom is 0.229 e. The van der Waals surface area contributed by atoms with E-state index in [-0.39, 0.29) is 12.0 Å². The quantitative estimate of drug-likeness (QED) is 0.853. The van der Waals surface area contributed by atoms with Gasteiger partial charge in [-0.1, -0.05) is 0 Å². The number of nitrogens with one attached hydrogen (secondary N) is 1. The van der Waals surface area contributed by atoms with E-state index in [0.29, 0.717) is 18.2 Å². The summed E-state index contributed by atoms with van der Waals surface area (Å²) in [5.41, 5.74) is 0. The maximum absolute atomic E-state index is 11.8. The summed E-state index contributed by atoms with van der Waals surface area (Å²) in [6.45, 7) is 2.56. The second-order valence-corrected chi connectivity index (χ2v) is 4.35. The van der Waals surface area contributed by atoms with Crippen LogP contribution in [0.5, 0.6) is 0 Å². The zero-order valence-electron chi connectivity index (χ0n) is 10.3. The standard InChI is InChI=1S/C11H18N4O2/c1-8-12-11(15(2)14-8)13-10(16)7-9-5-3-4-6-17-9/h9H,3-7H2,1-2H3,(H,12,13,14,16). The monoisotopic (exact) mass is 238 g/mol. The van der Waals surface area contributed by atoms with Crippen LogP contribution in [0.2, 0.25) is 0 Å². The molecule has 0 bridgehead atoms. The van der Waals surface area contributed by atoms with Crippen molar-refractivity contribution in [1.82, 2.24) is 14.8 Å². The Morgan fingerprint density at radius 3 is 3.00 bits per heavy atom. The summed E-state index contributed by atoms with van der Waals surface area (Å²) in [4.78, 5) is 15.9. The van der Waals surface area contributed by atoms with Crippen LogP contribution in [-0.4, -0.2) is 33.4 Å². The molecule has 1 aromatic heterocycles. The van der Waals surface area contributed by atoms with Crippen LogP contribution in [0.3, 0.4) is 0 Å². The van der Waals surface area contributed by atoms with Crippen LogP contribution in [0.4, 0.5) is 5.95 Å². The molecule has 0 aromatic carbocycles. The number of rotatable bonds is 3. The fourth-order valence-electron chi connectivity index (χ4n) is 1.97. The van der Waals surface area contributed by atoms with Gasteiger partial charge in [0.1, 0.15) is 5.82 Å². The van der Waals surface area contributed by atoms with Gasteiger partial charge in [0, 0.05) is 13.7 Å². The second kappa shape index (κ2) is 5.27. The lowest BCUT2D eigenvalue weighted by Gasteiger charge is -2.21. The first kappa shape index (κ1) is 12.0. The number of hydrogen-bond donors (Lipinski definition) is 1. The summed E-state index contributed by atoms with van der Waals surface area (Å²) in [7, 11) is 1.76. The third-order valence-corrected chi connectivity index (χ3v) is 2.81. The lowest BCUT2D eigenvalue weighted by atomic mass is 10.1. The first-order valence-corrected chi connectivity index (χ1v) is 5.94. The molecule has 17 heavy (non-hydrogen) atoms. The summed E-state index contributed by atoms with van der Waals surface area (Å²) >= 11 is 0. The molecule has 0 aliphatic carbocycles. The Bertz CT molecular complexity index is 396. The Labute approximate surface area is 100 Å². The van der Waals surface area contributed by atoms with Gasteiger partial charge < -0.3 is 4.74 Å². The molecule has 1 aromatic rings. The molecule has 1 atom stereocenters. The van der Waals surface area contributed by atoms with E-state index < -0.39 is 0 Å². The van der Waals surface area contributed by atoms with Crippen LogP contribution >= 0.6 is 0 Å². The van der Waals surface area contributed by atoms with Gasteiger partial charge in [-0.2, -0.15) is 10.1 Å². The van der Waals surface area contributed by atoms with Gasteiger partial charge in [0.25, 0.3) is 0 Å². The lowest BCUT2D eigenvalue weighted by molar-refractivity contribution is -0.119. The topological polar surface area (TPSA) is 69.0 Å². The molecule has 1 N–H and O–H groups in total. The van der Waals surface area contributed by atoms with Gasteiger partial charge in [0.15, 0.2) is 0 Å². The maximum atomic E-state index is 11.8. The van der Waals surface area contributed by atoms with E-state index >= 15 is 0 Å². The molecule has 2 rings (SSSR count). The number of carbonyl (C=O) groups excluding carboxylic acids is 1.